The van der Waals surface area contributed by atoms with Crippen LogP contribution in [0.5, 0.6) is 0 Å². The van der Waals surface area contributed by atoms with E-state index in [1.165, 1.54) is 6.92 Å². The van der Waals surface area contributed by atoms with E-state index in [1.54, 1.807) is 36.4 Å². The Morgan fingerprint density at radius 1 is 0.930 bits per heavy atom. The number of benzene rings is 4. The number of hydrogen-bond acceptors (Lipinski definition) is 2. The first-order valence-corrected chi connectivity index (χ1v) is 13.5. The normalized spacial score (nSPS) is 12.3. The Morgan fingerprint density at radius 3 is 2.30 bits per heavy atom. The lowest BCUT2D eigenvalue weighted by Gasteiger charge is -2.20. The van der Waals surface area contributed by atoms with Gasteiger partial charge in [0, 0.05) is 28.7 Å². The molecule has 0 radical (unpaired) electrons. The Kier molecular flexibility index (Phi) is 7.84. The molecule has 220 valence electrons. The molecule has 9 heteroatoms. The molecule has 1 heterocycles. The molecule has 0 fully saturated rings. The fourth-order valence-electron chi connectivity index (χ4n) is 5.40. The van der Waals surface area contributed by atoms with Crippen molar-refractivity contribution in [3.63, 3.8) is 0 Å². The molecule has 5 rings (SSSR count). The summed E-state index contributed by atoms with van der Waals surface area (Å²) in [6, 6.07) is 21.1. The van der Waals surface area contributed by atoms with Crippen LogP contribution in [0.1, 0.15) is 61.6 Å². The number of rotatable bonds is 7. The summed E-state index contributed by atoms with van der Waals surface area (Å²) in [5, 5.41) is 13.0. The Bertz CT molecular complexity index is 1860. The number of aryl methyl sites for hydroxylation is 1. The van der Waals surface area contributed by atoms with E-state index in [9.17, 15) is 32.3 Å². The van der Waals surface area contributed by atoms with Crippen LogP contribution in [0.3, 0.4) is 0 Å². The van der Waals surface area contributed by atoms with Crippen LogP contribution in [-0.4, -0.2) is 21.6 Å². The van der Waals surface area contributed by atoms with Crippen molar-refractivity contribution in [1.82, 2.24) is 9.88 Å². The van der Waals surface area contributed by atoms with Crippen LogP contribution in [0.25, 0.3) is 22.0 Å². The maximum Gasteiger partial charge on any atom is 0.416 e. The Labute approximate surface area is 245 Å². The number of hydrogen-bond donors (Lipinski definition) is 2. The van der Waals surface area contributed by atoms with Gasteiger partial charge in [0.1, 0.15) is 5.82 Å². The molecular weight excluding hydrogens is 560 g/mol. The van der Waals surface area contributed by atoms with E-state index in [4.69, 9.17) is 0 Å². The summed E-state index contributed by atoms with van der Waals surface area (Å²) < 4.78 is 56.2. The van der Waals surface area contributed by atoms with Gasteiger partial charge in [-0.1, -0.05) is 48.5 Å². The first-order chi connectivity index (χ1) is 20.3. The molecule has 5 aromatic rings. The average Bonchev–Trinajstić information content (AvgIpc) is 3.21. The molecular formula is C34H28F4N2O3. The zero-order valence-corrected chi connectivity index (χ0v) is 23.6. The van der Waals surface area contributed by atoms with Gasteiger partial charge in [-0.25, -0.2) is 9.18 Å². The van der Waals surface area contributed by atoms with Gasteiger partial charge in [0.25, 0.3) is 5.91 Å². The molecule has 0 saturated carbocycles. The Morgan fingerprint density at radius 2 is 1.63 bits per heavy atom. The second-order valence-electron chi connectivity index (χ2n) is 10.5. The van der Waals surface area contributed by atoms with Crippen molar-refractivity contribution in [3.05, 3.63) is 130 Å². The predicted octanol–water partition coefficient (Wildman–Crippen LogP) is 8.32. The van der Waals surface area contributed by atoms with Crippen molar-refractivity contribution in [2.75, 3.05) is 0 Å². The lowest BCUT2D eigenvalue weighted by atomic mass is 9.99. The van der Waals surface area contributed by atoms with E-state index in [2.05, 4.69) is 9.88 Å². The highest BCUT2D eigenvalue weighted by Crippen LogP contribution is 2.35. The molecule has 0 bridgehead atoms. The summed E-state index contributed by atoms with van der Waals surface area (Å²) in [5.74, 6) is -2.54. The lowest BCUT2D eigenvalue weighted by Crippen LogP contribution is -2.28. The van der Waals surface area contributed by atoms with Crippen molar-refractivity contribution >= 4 is 22.8 Å². The molecule has 4 aromatic carbocycles. The molecule has 1 amide bonds. The molecule has 0 unspecified atom stereocenters. The molecule has 2 N–H and O–H groups in total. The van der Waals surface area contributed by atoms with Crippen molar-refractivity contribution in [2.24, 2.45) is 0 Å². The molecule has 43 heavy (non-hydrogen) atoms. The van der Waals surface area contributed by atoms with E-state index >= 15 is 0 Å². The zero-order valence-electron chi connectivity index (χ0n) is 23.6. The summed E-state index contributed by atoms with van der Waals surface area (Å²) >= 11 is 0. The van der Waals surface area contributed by atoms with Crippen LogP contribution in [0.2, 0.25) is 0 Å². The van der Waals surface area contributed by atoms with Crippen LogP contribution in [0, 0.1) is 19.7 Å². The summed E-state index contributed by atoms with van der Waals surface area (Å²) in [5.41, 5.74) is 4.42. The highest BCUT2D eigenvalue weighted by Gasteiger charge is 2.35. The minimum Gasteiger partial charge on any atom is -0.478 e. The van der Waals surface area contributed by atoms with Crippen LogP contribution in [-0.2, 0) is 12.7 Å². The van der Waals surface area contributed by atoms with Crippen molar-refractivity contribution in [3.8, 4) is 11.1 Å². The van der Waals surface area contributed by atoms with Crippen LogP contribution >= 0.6 is 0 Å². The standard InChI is InChI=1S/C34H28F4N2O3/c1-19-21(3)40(18-22-8-10-23(11-9-22)27-6-4-5-7-28(27)33(42)43)31-15-12-24(16-29(19)31)32(41)39-20(2)26-14-13-25(35)17-30(26)34(36,37)38/h4-17,20H,18H2,1-3H3,(H,39,41)(H,42,43)/t20-/m0/s1. The minimum absolute atomic E-state index is 0.223. The summed E-state index contributed by atoms with van der Waals surface area (Å²) in [4.78, 5) is 24.7. The fourth-order valence-corrected chi connectivity index (χ4v) is 5.40. The first kappa shape index (κ1) is 29.6. The molecule has 0 aliphatic carbocycles. The van der Waals surface area contributed by atoms with Gasteiger partial charge in [-0.3, -0.25) is 4.79 Å². The number of halogens is 4. The van der Waals surface area contributed by atoms with Gasteiger partial charge >= 0.3 is 12.1 Å². The van der Waals surface area contributed by atoms with Crippen molar-refractivity contribution in [2.45, 2.75) is 39.5 Å². The van der Waals surface area contributed by atoms with Gasteiger partial charge in [-0.15, -0.1) is 0 Å². The number of fused-ring (bicyclic) bond motifs is 1. The monoisotopic (exact) mass is 588 g/mol. The summed E-state index contributed by atoms with van der Waals surface area (Å²) in [6.07, 6.45) is -4.77. The molecule has 0 saturated heterocycles. The quantitative estimate of drug-likeness (QED) is 0.188. The van der Waals surface area contributed by atoms with Crippen molar-refractivity contribution < 1.29 is 32.3 Å². The number of carboxylic acid groups (broad SMARTS) is 1. The number of nitrogens with zero attached hydrogens (tertiary/aromatic N) is 1. The second-order valence-corrected chi connectivity index (χ2v) is 10.5. The topological polar surface area (TPSA) is 71.3 Å². The predicted molar refractivity (Wildman–Crippen MR) is 157 cm³/mol. The van der Waals surface area contributed by atoms with Gasteiger partial charge < -0.3 is 15.0 Å². The first-order valence-electron chi connectivity index (χ1n) is 13.5. The van der Waals surface area contributed by atoms with E-state index in [0.29, 0.717) is 18.2 Å². The number of alkyl halides is 3. The number of aromatic carboxylic acids is 1. The SMILES string of the molecule is Cc1c(C)n(Cc2ccc(-c3ccccc3C(=O)O)cc2)c2ccc(C(=O)N[C@@H](C)c3ccc(F)cc3C(F)(F)F)cc12. The maximum atomic E-state index is 13.5. The third-order valence-corrected chi connectivity index (χ3v) is 7.80. The summed E-state index contributed by atoms with van der Waals surface area (Å²) in [7, 11) is 0. The number of carbonyl (C=O) groups is 2. The van der Waals surface area contributed by atoms with Gasteiger partial charge in [-0.05, 0) is 85.0 Å². The number of amides is 1. The Balaban J connectivity index is 1.39. The maximum absolute atomic E-state index is 13.5. The molecule has 0 spiro atoms. The van der Waals surface area contributed by atoms with Gasteiger partial charge in [-0.2, -0.15) is 13.2 Å². The Hall–Kier alpha value is -4.92. The molecule has 1 aromatic heterocycles. The third-order valence-electron chi connectivity index (χ3n) is 7.80. The van der Waals surface area contributed by atoms with Crippen LogP contribution in [0.4, 0.5) is 17.6 Å². The molecule has 0 aliphatic rings. The smallest absolute Gasteiger partial charge is 0.416 e. The van der Waals surface area contributed by atoms with Crippen molar-refractivity contribution in [1.29, 1.82) is 0 Å². The van der Waals surface area contributed by atoms with E-state index in [1.807, 2.05) is 44.2 Å². The van der Waals surface area contributed by atoms with E-state index in [0.717, 1.165) is 45.4 Å². The number of carboxylic acids is 1. The number of aromatic nitrogens is 1. The number of nitrogens with one attached hydrogen (secondary N) is 1. The highest BCUT2D eigenvalue weighted by molar-refractivity contribution is 5.99. The molecule has 1 atom stereocenters. The highest BCUT2D eigenvalue weighted by atomic mass is 19.4. The zero-order chi connectivity index (χ0) is 31.1. The number of carbonyl (C=O) groups excluding carboxylic acids is 1. The molecule has 0 aliphatic heterocycles. The van der Waals surface area contributed by atoms with Crippen LogP contribution < -0.4 is 5.32 Å². The van der Waals surface area contributed by atoms with Gasteiger partial charge in [0.05, 0.1) is 17.2 Å². The average molecular weight is 589 g/mol. The fraction of sp³-hybridized carbons (Fsp3) is 0.176. The van der Waals surface area contributed by atoms with E-state index < -0.39 is 35.5 Å². The summed E-state index contributed by atoms with van der Waals surface area (Å²) in [6.45, 7) is 5.88. The molecule has 5 nitrogen and oxygen atoms in total. The third kappa shape index (κ3) is 5.88. The minimum atomic E-state index is -4.77. The van der Waals surface area contributed by atoms with Crippen LogP contribution in [0.15, 0.2) is 84.9 Å². The van der Waals surface area contributed by atoms with E-state index in [-0.39, 0.29) is 16.7 Å². The largest absolute Gasteiger partial charge is 0.478 e. The van der Waals surface area contributed by atoms with Gasteiger partial charge in [0.15, 0.2) is 0 Å². The second kappa shape index (κ2) is 11.4. The lowest BCUT2D eigenvalue weighted by molar-refractivity contribution is -0.138. The van der Waals surface area contributed by atoms with Gasteiger partial charge in [0.2, 0.25) is 0 Å².